The van der Waals surface area contributed by atoms with E-state index in [1.165, 1.54) is 15.6 Å². The summed E-state index contributed by atoms with van der Waals surface area (Å²) in [7, 11) is 0. The summed E-state index contributed by atoms with van der Waals surface area (Å²) in [5.41, 5.74) is 1.32. The van der Waals surface area contributed by atoms with Crippen LogP contribution in [0.2, 0.25) is 0 Å². The molecule has 1 aromatic carbocycles. The normalized spacial score (nSPS) is 10.8. The molecule has 1 aromatic heterocycles. The third-order valence-electron chi connectivity index (χ3n) is 2.14. The minimum Gasteiger partial charge on any atom is -0.396 e. The number of benzene rings is 1. The largest absolute Gasteiger partial charge is 0.396 e. The monoisotopic (exact) mass is 192 g/mol. The Morgan fingerprint density at radius 1 is 1.23 bits per heavy atom. The van der Waals surface area contributed by atoms with E-state index in [-0.39, 0.29) is 6.61 Å². The average Bonchev–Trinajstić information content (AvgIpc) is 2.61. The highest BCUT2D eigenvalue weighted by Crippen LogP contribution is 2.22. The van der Waals surface area contributed by atoms with Crippen LogP contribution >= 0.6 is 11.3 Å². The van der Waals surface area contributed by atoms with Gasteiger partial charge < -0.3 is 5.11 Å². The number of hydrogen-bond acceptors (Lipinski definition) is 2. The second-order valence-corrected chi connectivity index (χ2v) is 4.07. The molecule has 0 spiro atoms. The molecule has 0 radical (unpaired) electrons. The van der Waals surface area contributed by atoms with Gasteiger partial charge in [-0.05, 0) is 41.3 Å². The summed E-state index contributed by atoms with van der Waals surface area (Å²) in [6.07, 6.45) is 1.83. The number of aliphatic hydroxyl groups is 1. The van der Waals surface area contributed by atoms with E-state index in [1.54, 1.807) is 11.3 Å². The second-order valence-electron chi connectivity index (χ2n) is 3.12. The van der Waals surface area contributed by atoms with Crippen LogP contribution in [-0.4, -0.2) is 11.7 Å². The van der Waals surface area contributed by atoms with Crippen LogP contribution in [0.15, 0.2) is 29.6 Å². The fourth-order valence-corrected chi connectivity index (χ4v) is 2.29. The molecule has 0 unspecified atom stereocenters. The van der Waals surface area contributed by atoms with Gasteiger partial charge in [0, 0.05) is 11.3 Å². The summed E-state index contributed by atoms with van der Waals surface area (Å²) in [5, 5.41) is 12.1. The molecule has 1 heterocycles. The fourth-order valence-electron chi connectivity index (χ4n) is 1.44. The van der Waals surface area contributed by atoms with Crippen LogP contribution in [0.5, 0.6) is 0 Å². The van der Waals surface area contributed by atoms with Gasteiger partial charge in [-0.1, -0.05) is 12.1 Å². The molecule has 13 heavy (non-hydrogen) atoms. The predicted molar refractivity (Wildman–Crippen MR) is 57.2 cm³/mol. The van der Waals surface area contributed by atoms with Crippen LogP contribution in [0.25, 0.3) is 10.1 Å². The zero-order valence-electron chi connectivity index (χ0n) is 7.36. The van der Waals surface area contributed by atoms with E-state index in [1.807, 2.05) is 0 Å². The maximum Gasteiger partial charge on any atom is 0.0434 e. The Balaban J connectivity index is 2.26. The highest BCUT2D eigenvalue weighted by Gasteiger charge is 1.96. The molecular formula is C11H12OS. The van der Waals surface area contributed by atoms with Gasteiger partial charge in [0.2, 0.25) is 0 Å². The number of hydrogen-bond donors (Lipinski definition) is 1. The maximum atomic E-state index is 8.70. The first-order valence-electron chi connectivity index (χ1n) is 4.47. The van der Waals surface area contributed by atoms with Gasteiger partial charge in [-0.3, -0.25) is 0 Å². The van der Waals surface area contributed by atoms with E-state index in [2.05, 4.69) is 29.6 Å². The lowest BCUT2D eigenvalue weighted by atomic mass is 10.1. The van der Waals surface area contributed by atoms with Crippen molar-refractivity contribution in [2.24, 2.45) is 0 Å². The summed E-state index contributed by atoms with van der Waals surface area (Å²) < 4.78 is 1.34. The molecule has 0 aliphatic heterocycles. The maximum absolute atomic E-state index is 8.70. The van der Waals surface area contributed by atoms with Crippen molar-refractivity contribution >= 4 is 21.4 Å². The zero-order valence-corrected chi connectivity index (χ0v) is 8.18. The first-order chi connectivity index (χ1) is 6.40. The number of thiophene rings is 1. The first kappa shape index (κ1) is 8.73. The first-order valence-corrected chi connectivity index (χ1v) is 5.35. The predicted octanol–water partition coefficient (Wildman–Crippen LogP) is 2.83. The number of aliphatic hydroxyl groups excluding tert-OH is 1. The van der Waals surface area contributed by atoms with E-state index >= 15 is 0 Å². The van der Waals surface area contributed by atoms with Crippen molar-refractivity contribution in [3.05, 3.63) is 35.2 Å². The van der Waals surface area contributed by atoms with E-state index in [0.717, 1.165) is 12.8 Å². The van der Waals surface area contributed by atoms with Crippen molar-refractivity contribution in [2.45, 2.75) is 12.8 Å². The molecule has 68 valence electrons. The van der Waals surface area contributed by atoms with Crippen molar-refractivity contribution in [1.82, 2.24) is 0 Å². The third-order valence-corrected chi connectivity index (χ3v) is 3.02. The molecule has 0 bridgehead atoms. The highest BCUT2D eigenvalue weighted by molar-refractivity contribution is 7.17. The quantitative estimate of drug-likeness (QED) is 0.792. The molecule has 1 N–H and O–H groups in total. The average molecular weight is 192 g/mol. The Morgan fingerprint density at radius 3 is 3.00 bits per heavy atom. The van der Waals surface area contributed by atoms with Gasteiger partial charge in [-0.15, -0.1) is 11.3 Å². The molecule has 0 aliphatic rings. The Labute approximate surface area is 81.6 Å². The van der Waals surface area contributed by atoms with Crippen LogP contribution in [0.1, 0.15) is 12.0 Å². The van der Waals surface area contributed by atoms with Crippen molar-refractivity contribution in [3.63, 3.8) is 0 Å². The van der Waals surface area contributed by atoms with Gasteiger partial charge in [-0.2, -0.15) is 0 Å². The Bertz CT molecular complexity index is 392. The summed E-state index contributed by atoms with van der Waals surface area (Å²) in [6, 6.07) is 8.65. The molecule has 0 saturated heterocycles. The van der Waals surface area contributed by atoms with Crippen LogP contribution in [0.4, 0.5) is 0 Å². The van der Waals surface area contributed by atoms with Crippen LogP contribution < -0.4 is 0 Å². The van der Waals surface area contributed by atoms with E-state index in [4.69, 9.17) is 5.11 Å². The second kappa shape index (κ2) is 3.90. The van der Waals surface area contributed by atoms with Crippen LogP contribution in [0, 0.1) is 0 Å². The van der Waals surface area contributed by atoms with Gasteiger partial charge in [0.1, 0.15) is 0 Å². The van der Waals surface area contributed by atoms with Gasteiger partial charge in [0.25, 0.3) is 0 Å². The number of rotatable bonds is 3. The molecule has 0 atom stereocenters. The molecule has 0 amide bonds. The van der Waals surface area contributed by atoms with E-state index in [0.29, 0.717) is 0 Å². The molecular weight excluding hydrogens is 180 g/mol. The minimum absolute atomic E-state index is 0.280. The summed E-state index contributed by atoms with van der Waals surface area (Å²) in [6.45, 7) is 0.280. The van der Waals surface area contributed by atoms with Crippen LogP contribution in [0.3, 0.4) is 0 Å². The van der Waals surface area contributed by atoms with Crippen molar-refractivity contribution < 1.29 is 5.11 Å². The van der Waals surface area contributed by atoms with Gasteiger partial charge in [0.05, 0.1) is 0 Å². The molecule has 1 nitrogen and oxygen atoms in total. The lowest BCUT2D eigenvalue weighted by Gasteiger charge is -1.98. The third kappa shape index (κ3) is 1.90. The Kier molecular flexibility index (Phi) is 2.62. The van der Waals surface area contributed by atoms with Gasteiger partial charge >= 0.3 is 0 Å². The van der Waals surface area contributed by atoms with Crippen molar-refractivity contribution in [2.75, 3.05) is 6.61 Å². The Morgan fingerprint density at radius 2 is 2.15 bits per heavy atom. The number of fused-ring (bicyclic) bond motifs is 1. The lowest BCUT2D eigenvalue weighted by molar-refractivity contribution is 0.288. The van der Waals surface area contributed by atoms with E-state index in [9.17, 15) is 0 Å². The molecule has 2 heteroatoms. The zero-order chi connectivity index (χ0) is 9.10. The molecule has 2 aromatic rings. The summed E-state index contributed by atoms with van der Waals surface area (Å²) in [5.74, 6) is 0. The van der Waals surface area contributed by atoms with E-state index < -0.39 is 0 Å². The molecule has 0 aliphatic carbocycles. The van der Waals surface area contributed by atoms with Crippen molar-refractivity contribution in [3.8, 4) is 0 Å². The molecule has 0 saturated carbocycles. The Hall–Kier alpha value is -0.860. The molecule has 0 fully saturated rings. The summed E-state index contributed by atoms with van der Waals surface area (Å²) in [4.78, 5) is 0. The van der Waals surface area contributed by atoms with Gasteiger partial charge in [-0.25, -0.2) is 0 Å². The topological polar surface area (TPSA) is 20.2 Å². The standard InChI is InChI=1S/C11H12OS/c12-6-1-2-9-3-4-10-5-7-13-11(10)8-9/h3-5,7-8,12H,1-2,6H2. The smallest absolute Gasteiger partial charge is 0.0434 e. The van der Waals surface area contributed by atoms with Crippen LogP contribution in [-0.2, 0) is 6.42 Å². The van der Waals surface area contributed by atoms with Crippen molar-refractivity contribution in [1.29, 1.82) is 0 Å². The SMILES string of the molecule is OCCCc1ccc2ccsc2c1. The lowest BCUT2D eigenvalue weighted by Crippen LogP contribution is -1.88. The molecule has 2 rings (SSSR count). The number of aryl methyl sites for hydroxylation is 1. The summed E-state index contributed by atoms with van der Waals surface area (Å²) >= 11 is 1.77. The minimum atomic E-state index is 0.280. The fraction of sp³-hybridized carbons (Fsp3) is 0.273. The van der Waals surface area contributed by atoms with Gasteiger partial charge in [0.15, 0.2) is 0 Å². The highest BCUT2D eigenvalue weighted by atomic mass is 32.1.